The summed E-state index contributed by atoms with van der Waals surface area (Å²) in [5, 5.41) is 8.55. The zero-order chi connectivity index (χ0) is 9.15. The highest BCUT2D eigenvalue weighted by atomic mass is 16.5. The van der Waals surface area contributed by atoms with Crippen molar-refractivity contribution in [2.24, 2.45) is 0 Å². The molecule has 0 aromatic carbocycles. The van der Waals surface area contributed by atoms with Gasteiger partial charge in [0.15, 0.2) is 0 Å². The second-order valence-electron chi connectivity index (χ2n) is 4.03. The number of hydrogen-bond acceptors (Lipinski definition) is 3. The first kappa shape index (κ1) is 8.98. The first-order valence-corrected chi connectivity index (χ1v) is 5.07. The fraction of sp³-hybridized carbons (Fsp3) is 0.900. The molecule has 1 spiro atoms. The van der Waals surface area contributed by atoms with E-state index in [-0.39, 0.29) is 0 Å². The van der Waals surface area contributed by atoms with Gasteiger partial charge in [0.1, 0.15) is 0 Å². The third kappa shape index (κ3) is 1.56. The summed E-state index contributed by atoms with van der Waals surface area (Å²) in [5.74, 6) is 0. The molecule has 0 aliphatic carbocycles. The van der Waals surface area contributed by atoms with Gasteiger partial charge < -0.3 is 4.74 Å². The minimum absolute atomic E-state index is 0.316. The van der Waals surface area contributed by atoms with E-state index in [0.717, 1.165) is 26.3 Å². The highest BCUT2D eigenvalue weighted by Gasteiger charge is 2.43. The molecule has 3 heteroatoms. The summed E-state index contributed by atoms with van der Waals surface area (Å²) in [6.07, 6.45) is 4.35. The van der Waals surface area contributed by atoms with Gasteiger partial charge in [0.2, 0.25) is 0 Å². The Morgan fingerprint density at radius 3 is 3.08 bits per heavy atom. The van der Waals surface area contributed by atoms with Crippen LogP contribution >= 0.6 is 0 Å². The van der Waals surface area contributed by atoms with Gasteiger partial charge in [-0.2, -0.15) is 5.26 Å². The molecule has 0 aromatic heterocycles. The van der Waals surface area contributed by atoms with Crippen molar-refractivity contribution in [2.45, 2.75) is 31.2 Å². The van der Waals surface area contributed by atoms with Crippen molar-refractivity contribution in [3.63, 3.8) is 0 Å². The van der Waals surface area contributed by atoms with E-state index in [4.69, 9.17) is 10.00 Å². The molecule has 2 rings (SSSR count). The third-order valence-electron chi connectivity index (χ3n) is 3.32. The van der Waals surface area contributed by atoms with Crippen molar-refractivity contribution in [3.05, 3.63) is 0 Å². The van der Waals surface area contributed by atoms with Crippen LogP contribution in [0.2, 0.25) is 0 Å². The fourth-order valence-electron chi connectivity index (χ4n) is 2.57. The average Bonchev–Trinajstić information content (AvgIpc) is 2.75. The van der Waals surface area contributed by atoms with Crippen LogP contribution < -0.4 is 0 Å². The molecule has 1 unspecified atom stereocenters. The van der Waals surface area contributed by atoms with Crippen molar-refractivity contribution >= 4 is 0 Å². The van der Waals surface area contributed by atoms with Gasteiger partial charge in [-0.1, -0.05) is 0 Å². The minimum Gasteiger partial charge on any atom is -0.379 e. The quantitative estimate of drug-likeness (QED) is 0.639. The summed E-state index contributed by atoms with van der Waals surface area (Å²) in [7, 11) is 0. The van der Waals surface area contributed by atoms with Crippen molar-refractivity contribution < 1.29 is 4.74 Å². The first-order valence-electron chi connectivity index (χ1n) is 5.07. The second-order valence-corrected chi connectivity index (χ2v) is 4.03. The SMILES string of the molecule is N#CCCN1CCCC12CCOC2. The normalized spacial score (nSPS) is 34.1. The van der Waals surface area contributed by atoms with Gasteiger partial charge in [0.25, 0.3) is 0 Å². The van der Waals surface area contributed by atoms with Crippen LogP contribution in [0.3, 0.4) is 0 Å². The maximum atomic E-state index is 8.55. The topological polar surface area (TPSA) is 36.3 Å². The summed E-state index contributed by atoms with van der Waals surface area (Å²) in [6, 6.07) is 2.22. The highest BCUT2D eigenvalue weighted by Crippen LogP contribution is 2.36. The van der Waals surface area contributed by atoms with Gasteiger partial charge in [0, 0.05) is 25.1 Å². The standard InChI is InChI=1S/C10H16N2O/c11-5-2-7-12-6-1-3-10(12)4-8-13-9-10/h1-4,6-9H2. The molecule has 0 radical (unpaired) electrons. The molecular weight excluding hydrogens is 164 g/mol. The van der Waals surface area contributed by atoms with Crippen molar-refractivity contribution in [2.75, 3.05) is 26.3 Å². The van der Waals surface area contributed by atoms with Crippen molar-refractivity contribution in [3.8, 4) is 6.07 Å². The predicted octanol–water partition coefficient (Wildman–Crippen LogP) is 1.15. The van der Waals surface area contributed by atoms with Gasteiger partial charge in [0.05, 0.1) is 12.7 Å². The van der Waals surface area contributed by atoms with Crippen LogP contribution in [0, 0.1) is 11.3 Å². The Bertz CT molecular complexity index is 210. The Balaban J connectivity index is 1.97. The molecule has 1 atom stereocenters. The molecule has 0 amide bonds. The lowest BCUT2D eigenvalue weighted by atomic mass is 9.95. The molecule has 72 valence electrons. The van der Waals surface area contributed by atoms with E-state index in [9.17, 15) is 0 Å². The maximum Gasteiger partial charge on any atom is 0.0651 e. The molecule has 0 aromatic rings. The summed E-state index contributed by atoms with van der Waals surface area (Å²) < 4.78 is 5.47. The van der Waals surface area contributed by atoms with Crippen LogP contribution in [0.5, 0.6) is 0 Å². The van der Waals surface area contributed by atoms with Crippen LogP contribution in [0.1, 0.15) is 25.7 Å². The molecule has 2 heterocycles. The zero-order valence-corrected chi connectivity index (χ0v) is 7.96. The number of nitriles is 1. The highest BCUT2D eigenvalue weighted by molar-refractivity contribution is 4.99. The van der Waals surface area contributed by atoms with Crippen LogP contribution in [0.4, 0.5) is 0 Å². The number of rotatable bonds is 2. The Hall–Kier alpha value is -0.590. The Kier molecular flexibility index (Phi) is 2.52. The maximum absolute atomic E-state index is 8.55. The molecule has 0 bridgehead atoms. The molecule has 2 fully saturated rings. The van der Waals surface area contributed by atoms with Crippen LogP contribution in [0.15, 0.2) is 0 Å². The molecule has 2 aliphatic heterocycles. The average molecular weight is 180 g/mol. The third-order valence-corrected chi connectivity index (χ3v) is 3.32. The largest absolute Gasteiger partial charge is 0.379 e. The molecule has 2 saturated heterocycles. The lowest BCUT2D eigenvalue weighted by Gasteiger charge is -2.32. The lowest BCUT2D eigenvalue weighted by molar-refractivity contribution is 0.103. The Morgan fingerprint density at radius 2 is 2.38 bits per heavy atom. The second kappa shape index (κ2) is 3.65. The van der Waals surface area contributed by atoms with E-state index in [1.54, 1.807) is 0 Å². The minimum atomic E-state index is 0.316. The van der Waals surface area contributed by atoms with Crippen LogP contribution in [-0.2, 0) is 4.74 Å². The summed E-state index contributed by atoms with van der Waals surface area (Å²) >= 11 is 0. The monoisotopic (exact) mass is 180 g/mol. The fourth-order valence-corrected chi connectivity index (χ4v) is 2.57. The van der Waals surface area contributed by atoms with Crippen molar-refractivity contribution in [1.29, 1.82) is 5.26 Å². The summed E-state index contributed by atoms with van der Waals surface area (Å²) in [6.45, 7) is 3.88. The molecule has 0 N–H and O–H groups in total. The molecule has 3 nitrogen and oxygen atoms in total. The lowest BCUT2D eigenvalue weighted by Crippen LogP contribution is -2.44. The van der Waals surface area contributed by atoms with E-state index in [1.807, 2.05) is 0 Å². The van der Waals surface area contributed by atoms with E-state index in [2.05, 4.69) is 11.0 Å². The number of likely N-dealkylation sites (tertiary alicyclic amines) is 1. The van der Waals surface area contributed by atoms with Gasteiger partial charge in [-0.05, 0) is 25.8 Å². The Labute approximate surface area is 79.3 Å². The number of hydrogen-bond donors (Lipinski definition) is 0. The first-order chi connectivity index (χ1) is 6.37. The molecule has 2 aliphatic rings. The van der Waals surface area contributed by atoms with Gasteiger partial charge in [-0.15, -0.1) is 0 Å². The van der Waals surface area contributed by atoms with Crippen molar-refractivity contribution in [1.82, 2.24) is 4.90 Å². The van der Waals surface area contributed by atoms with Crippen LogP contribution in [0.25, 0.3) is 0 Å². The molecule has 13 heavy (non-hydrogen) atoms. The van der Waals surface area contributed by atoms with Gasteiger partial charge >= 0.3 is 0 Å². The van der Waals surface area contributed by atoms with Gasteiger partial charge in [-0.25, -0.2) is 0 Å². The van der Waals surface area contributed by atoms with E-state index >= 15 is 0 Å². The predicted molar refractivity (Wildman–Crippen MR) is 49.2 cm³/mol. The molecule has 0 saturated carbocycles. The van der Waals surface area contributed by atoms with Crippen LogP contribution in [-0.4, -0.2) is 36.7 Å². The summed E-state index contributed by atoms with van der Waals surface area (Å²) in [4.78, 5) is 2.46. The van der Waals surface area contributed by atoms with Gasteiger partial charge in [-0.3, -0.25) is 4.90 Å². The number of ether oxygens (including phenoxy) is 1. The Morgan fingerprint density at radius 1 is 1.46 bits per heavy atom. The smallest absolute Gasteiger partial charge is 0.0651 e. The zero-order valence-electron chi connectivity index (χ0n) is 7.96. The van der Waals surface area contributed by atoms with E-state index in [1.165, 1.54) is 19.3 Å². The van der Waals surface area contributed by atoms with E-state index in [0.29, 0.717) is 12.0 Å². The number of nitrogens with zero attached hydrogens (tertiary/aromatic N) is 2. The summed E-state index contributed by atoms with van der Waals surface area (Å²) in [5.41, 5.74) is 0.316. The van der Waals surface area contributed by atoms with E-state index < -0.39 is 0 Å². The molecular formula is C10H16N2O.